The van der Waals surface area contributed by atoms with Crippen LogP contribution in [0.2, 0.25) is 39.3 Å². The average Bonchev–Trinajstić information content (AvgIpc) is 3.49. The summed E-state index contributed by atoms with van der Waals surface area (Å²) in [5.74, 6) is 0. The number of rotatable bonds is 5. The van der Waals surface area contributed by atoms with Crippen LogP contribution in [0.4, 0.5) is 0 Å². The monoisotopic (exact) mass is 845 g/mol. The zero-order valence-electron chi connectivity index (χ0n) is 34.0. The van der Waals surface area contributed by atoms with E-state index in [-0.39, 0.29) is 31.2 Å². The topological polar surface area (TPSA) is 38.9 Å². The summed E-state index contributed by atoms with van der Waals surface area (Å²) in [5.41, 5.74) is 5.25. The van der Waals surface area contributed by atoms with Crippen LogP contribution in [0.1, 0.15) is 19.4 Å². The molecule has 0 N–H and O–H groups in total. The zero-order chi connectivity index (χ0) is 38.3. The van der Waals surface area contributed by atoms with E-state index in [9.17, 15) is 0 Å². The third-order valence-electron chi connectivity index (χ3n) is 8.29. The Morgan fingerprint density at radius 1 is 0.625 bits per heavy atom. The Kier molecular flexibility index (Phi) is 8.31. The van der Waals surface area contributed by atoms with Gasteiger partial charge in [0.15, 0.2) is 0 Å². The van der Waals surface area contributed by atoms with Gasteiger partial charge >= 0.3 is 0 Å². The number of fused-ring (bicyclic) bond motifs is 3. The molecule has 0 saturated carbocycles. The Bertz CT molecular complexity index is 2400. The van der Waals surface area contributed by atoms with Crippen molar-refractivity contribution in [2.24, 2.45) is 0 Å². The minimum atomic E-state index is -2.49. The summed E-state index contributed by atoms with van der Waals surface area (Å²) >= 11 is 0. The molecule has 6 heteroatoms. The van der Waals surface area contributed by atoms with Gasteiger partial charge in [0.05, 0.1) is 21.7 Å². The average molecular weight is 845 g/mol. The molecule has 0 saturated heterocycles. The summed E-state index contributed by atoms with van der Waals surface area (Å²) in [4.78, 5) is 9.00. The first-order valence-corrected chi connectivity index (χ1v) is 22.7. The summed E-state index contributed by atoms with van der Waals surface area (Å²) in [5, 5.41) is 4.24. The molecule has 0 fully saturated rings. The second kappa shape index (κ2) is 14.3. The van der Waals surface area contributed by atoms with E-state index >= 15 is 0 Å². The van der Waals surface area contributed by atoms with Crippen molar-refractivity contribution in [2.75, 3.05) is 0 Å². The Morgan fingerprint density at radius 3 is 2.04 bits per heavy atom. The Balaban J connectivity index is 0.000000276. The third kappa shape index (κ3) is 7.53. The molecule has 0 aliphatic carbocycles. The zero-order valence-corrected chi connectivity index (χ0v) is 32.4. The molecule has 0 aliphatic heterocycles. The van der Waals surface area contributed by atoms with Crippen molar-refractivity contribution in [3.05, 3.63) is 133 Å². The predicted molar refractivity (Wildman–Crippen MR) is 205 cm³/mol. The van der Waals surface area contributed by atoms with Gasteiger partial charge < -0.3 is 14.4 Å². The summed E-state index contributed by atoms with van der Waals surface area (Å²) in [7, 11) is -3.05. The SMILES string of the molecule is C[Si](C)(C)c1ccc(-c2[c-]cccc2)nc1.[2H]C([2H])([2H])c1cnc(-c2[c-]ccc3c2oc2ccccc23)cc1-c1ccc([Si](C)(C)C)cc1C([2H])([2H])[2H].[Ir]. The van der Waals surface area contributed by atoms with Gasteiger partial charge in [-0.15, -0.1) is 54.1 Å². The normalized spacial score (nSPS) is 14.0. The molecule has 4 aromatic carbocycles. The van der Waals surface area contributed by atoms with Gasteiger partial charge in [-0.05, 0) is 58.6 Å². The van der Waals surface area contributed by atoms with Gasteiger partial charge in [-0.1, -0.05) is 110 Å². The number of aromatic nitrogens is 2. The molecule has 48 heavy (non-hydrogen) atoms. The molecule has 0 unspecified atom stereocenters. The smallest absolute Gasteiger partial charge is 0.120 e. The quantitative estimate of drug-likeness (QED) is 0.128. The molecule has 0 aliphatic rings. The van der Waals surface area contributed by atoms with E-state index in [0.717, 1.165) is 32.8 Å². The maximum absolute atomic E-state index is 8.25. The van der Waals surface area contributed by atoms with Crippen LogP contribution in [0.3, 0.4) is 0 Å². The fourth-order valence-corrected chi connectivity index (χ4v) is 7.69. The van der Waals surface area contributed by atoms with Gasteiger partial charge in [0.1, 0.15) is 5.58 Å². The molecular formula is C42H42IrN2OSi2-2. The fraction of sp³-hybridized carbons (Fsp3) is 0.190. The van der Waals surface area contributed by atoms with Crippen molar-refractivity contribution in [1.82, 2.24) is 9.97 Å². The van der Waals surface area contributed by atoms with Gasteiger partial charge in [-0.3, -0.25) is 0 Å². The van der Waals surface area contributed by atoms with Crippen molar-refractivity contribution in [1.29, 1.82) is 0 Å². The number of furan rings is 1. The number of benzene rings is 4. The van der Waals surface area contributed by atoms with E-state index in [0.29, 0.717) is 28.0 Å². The largest absolute Gasteiger partial charge is 0.501 e. The van der Waals surface area contributed by atoms with Crippen LogP contribution in [-0.2, 0) is 20.1 Å². The van der Waals surface area contributed by atoms with E-state index in [4.69, 9.17) is 12.6 Å². The minimum absolute atomic E-state index is 0. The molecule has 1 radical (unpaired) electrons. The predicted octanol–water partition coefficient (Wildman–Crippen LogP) is 10.4. The van der Waals surface area contributed by atoms with Gasteiger partial charge in [-0.2, -0.15) is 0 Å². The third-order valence-corrected chi connectivity index (χ3v) is 12.4. The summed E-state index contributed by atoms with van der Waals surface area (Å²) in [6.07, 6.45) is 3.34. The number of aryl methyl sites for hydroxylation is 2. The Morgan fingerprint density at radius 2 is 1.35 bits per heavy atom. The van der Waals surface area contributed by atoms with E-state index in [1.165, 1.54) is 11.4 Å². The van der Waals surface area contributed by atoms with Crippen LogP contribution in [0, 0.1) is 25.8 Å². The Hall–Kier alpha value is -3.94. The van der Waals surface area contributed by atoms with Gasteiger partial charge in [0, 0.05) is 46.1 Å². The van der Waals surface area contributed by atoms with Gasteiger partial charge in [-0.25, -0.2) is 0 Å². The number of nitrogens with zero attached hydrogens (tertiary/aromatic N) is 2. The van der Waals surface area contributed by atoms with Crippen LogP contribution in [-0.4, -0.2) is 26.1 Å². The molecular weight excluding hydrogens is 797 g/mol. The van der Waals surface area contributed by atoms with Crippen LogP contribution < -0.4 is 10.4 Å². The number of hydrogen-bond donors (Lipinski definition) is 0. The van der Waals surface area contributed by atoms with Crippen LogP contribution in [0.25, 0.3) is 55.6 Å². The van der Waals surface area contributed by atoms with Crippen LogP contribution in [0.5, 0.6) is 0 Å². The van der Waals surface area contributed by atoms with E-state index in [2.05, 4.69) is 73.5 Å². The molecule has 245 valence electrons. The molecule has 7 aromatic rings. The molecule has 3 aromatic heterocycles. The first-order valence-electron chi connectivity index (χ1n) is 18.7. The minimum Gasteiger partial charge on any atom is -0.501 e. The molecule has 3 heterocycles. The van der Waals surface area contributed by atoms with E-state index < -0.39 is 29.9 Å². The van der Waals surface area contributed by atoms with Crippen molar-refractivity contribution in [3.8, 4) is 33.6 Å². The maximum atomic E-state index is 8.25. The van der Waals surface area contributed by atoms with Crippen LogP contribution >= 0.6 is 0 Å². The van der Waals surface area contributed by atoms with Gasteiger partial charge in [0.2, 0.25) is 0 Å². The number of pyridine rings is 2. The summed E-state index contributed by atoms with van der Waals surface area (Å²) in [6.45, 7) is 8.52. The van der Waals surface area contributed by atoms with Crippen molar-refractivity contribution >= 4 is 48.5 Å². The molecule has 3 nitrogen and oxygen atoms in total. The second-order valence-corrected chi connectivity index (χ2v) is 23.9. The van der Waals surface area contributed by atoms with Crippen LogP contribution in [0.15, 0.2) is 114 Å². The second-order valence-electron chi connectivity index (χ2n) is 13.8. The van der Waals surface area contributed by atoms with E-state index in [1.807, 2.05) is 66.9 Å². The number of hydrogen-bond acceptors (Lipinski definition) is 3. The summed E-state index contributed by atoms with van der Waals surface area (Å²) in [6, 6.07) is 37.1. The molecule has 0 amide bonds. The Labute approximate surface area is 309 Å². The standard InChI is InChI=1S/C28H26NOSi.C14H16NSi.Ir/c1-18-15-20(31(3,4)5)13-14-21(18)25-16-26(29-17-19(25)2)24-11-8-10-23-22-9-6-7-12-27(22)30-28(23)24;1-16(2,3)13-9-10-14(15-11-13)12-7-5-4-6-8-12;/h6-10,12-17H,1-5H3;4-7,9-11H,1-3H3;/q2*-1;/i1D3,2D3;;. The van der Waals surface area contributed by atoms with Crippen molar-refractivity contribution in [3.63, 3.8) is 0 Å². The van der Waals surface area contributed by atoms with Crippen molar-refractivity contribution in [2.45, 2.75) is 53.0 Å². The first kappa shape index (κ1) is 28.0. The molecule has 0 bridgehead atoms. The van der Waals surface area contributed by atoms with E-state index in [1.54, 1.807) is 24.3 Å². The first-order chi connectivity index (χ1) is 24.8. The van der Waals surface area contributed by atoms with Crippen molar-refractivity contribution < 1.29 is 32.7 Å². The number of para-hydroxylation sites is 1. The van der Waals surface area contributed by atoms with Gasteiger partial charge in [0.25, 0.3) is 0 Å². The molecule has 0 atom stereocenters. The molecule has 0 spiro atoms. The maximum Gasteiger partial charge on any atom is 0.120 e. The summed E-state index contributed by atoms with van der Waals surface area (Å²) < 4.78 is 55.3. The molecule has 7 rings (SSSR count). The fourth-order valence-electron chi connectivity index (χ4n) is 5.49.